The van der Waals surface area contributed by atoms with Gasteiger partial charge in [0, 0.05) is 25.7 Å². The van der Waals surface area contributed by atoms with Crippen LogP contribution in [0.4, 0.5) is 0 Å². The van der Waals surface area contributed by atoms with E-state index in [1.165, 1.54) is 0 Å². The molecule has 1 aliphatic rings. The van der Waals surface area contributed by atoms with Crippen molar-refractivity contribution < 1.29 is 9.47 Å². The molecule has 2 atom stereocenters. The highest BCUT2D eigenvalue weighted by Gasteiger charge is 2.21. The van der Waals surface area contributed by atoms with E-state index in [1.54, 1.807) is 0 Å². The lowest BCUT2D eigenvalue weighted by Crippen LogP contribution is -2.47. The Labute approximate surface area is 121 Å². The van der Waals surface area contributed by atoms with Crippen molar-refractivity contribution in [2.75, 3.05) is 32.8 Å². The van der Waals surface area contributed by atoms with Crippen molar-refractivity contribution in [2.45, 2.75) is 26.3 Å². The summed E-state index contributed by atoms with van der Waals surface area (Å²) in [6, 6.07) is 8.10. The van der Waals surface area contributed by atoms with E-state index in [4.69, 9.17) is 15.2 Å². The Balaban J connectivity index is 1.72. The van der Waals surface area contributed by atoms with Crippen LogP contribution in [0.25, 0.3) is 0 Å². The Kier molecular flexibility index (Phi) is 5.68. The quantitative estimate of drug-likeness (QED) is 0.866. The van der Waals surface area contributed by atoms with E-state index in [-0.39, 0.29) is 0 Å². The third-order valence-electron chi connectivity index (χ3n) is 3.58. The first-order chi connectivity index (χ1) is 9.67. The summed E-state index contributed by atoms with van der Waals surface area (Å²) in [6.45, 7) is 8.68. The summed E-state index contributed by atoms with van der Waals surface area (Å²) in [7, 11) is 0. The molecular formula is C16H26N2O2. The van der Waals surface area contributed by atoms with E-state index in [2.05, 4.69) is 11.8 Å². The van der Waals surface area contributed by atoms with Gasteiger partial charge in [0.2, 0.25) is 0 Å². The molecule has 1 aromatic rings. The van der Waals surface area contributed by atoms with Gasteiger partial charge in [0.25, 0.3) is 0 Å². The number of likely N-dealkylation sites (tertiary alicyclic amines) is 1. The molecule has 20 heavy (non-hydrogen) atoms. The van der Waals surface area contributed by atoms with Crippen LogP contribution in [0.2, 0.25) is 0 Å². The molecular weight excluding hydrogens is 252 g/mol. The Morgan fingerprint density at radius 3 is 2.40 bits per heavy atom. The van der Waals surface area contributed by atoms with Gasteiger partial charge in [-0.05, 0) is 43.5 Å². The predicted molar refractivity (Wildman–Crippen MR) is 81.3 cm³/mol. The molecule has 1 heterocycles. The smallest absolute Gasteiger partial charge is 0.119 e. The number of nitrogens with zero attached hydrogens (tertiary/aromatic N) is 1. The van der Waals surface area contributed by atoms with E-state index in [0.717, 1.165) is 37.6 Å². The van der Waals surface area contributed by atoms with Crippen molar-refractivity contribution in [2.24, 2.45) is 11.7 Å². The molecule has 0 radical (unpaired) electrons. The van der Waals surface area contributed by atoms with Gasteiger partial charge >= 0.3 is 0 Å². The number of rotatable bonds is 6. The number of ether oxygens (including phenoxy) is 2. The Hall–Kier alpha value is -1.26. The van der Waals surface area contributed by atoms with Crippen molar-refractivity contribution in [1.82, 2.24) is 4.90 Å². The third-order valence-corrected chi connectivity index (χ3v) is 3.58. The fourth-order valence-corrected chi connectivity index (χ4v) is 2.79. The van der Waals surface area contributed by atoms with Crippen molar-refractivity contribution >= 4 is 0 Å². The minimum Gasteiger partial charge on any atom is -0.494 e. The van der Waals surface area contributed by atoms with Crippen LogP contribution < -0.4 is 15.2 Å². The maximum Gasteiger partial charge on any atom is 0.119 e. The van der Waals surface area contributed by atoms with E-state index < -0.39 is 0 Å². The van der Waals surface area contributed by atoms with E-state index in [0.29, 0.717) is 25.2 Å². The SMILES string of the molecule is CCOc1ccc(OCCN2CC(C)CC(N)C2)cc1. The van der Waals surface area contributed by atoms with Crippen molar-refractivity contribution in [1.29, 1.82) is 0 Å². The van der Waals surface area contributed by atoms with Crippen LogP contribution in [0, 0.1) is 5.92 Å². The molecule has 112 valence electrons. The Morgan fingerprint density at radius 2 is 1.80 bits per heavy atom. The first-order valence-corrected chi connectivity index (χ1v) is 7.51. The van der Waals surface area contributed by atoms with Crippen LogP contribution in [-0.2, 0) is 0 Å². The van der Waals surface area contributed by atoms with E-state index >= 15 is 0 Å². The lowest BCUT2D eigenvalue weighted by molar-refractivity contribution is 0.140. The van der Waals surface area contributed by atoms with Gasteiger partial charge in [-0.3, -0.25) is 4.90 Å². The van der Waals surface area contributed by atoms with E-state index in [1.807, 2.05) is 31.2 Å². The van der Waals surface area contributed by atoms with Crippen LogP contribution in [0.15, 0.2) is 24.3 Å². The molecule has 1 fully saturated rings. The highest BCUT2D eigenvalue weighted by Crippen LogP contribution is 2.18. The number of piperidine rings is 1. The van der Waals surface area contributed by atoms with Gasteiger partial charge in [-0.15, -0.1) is 0 Å². The molecule has 2 rings (SSSR count). The average molecular weight is 278 g/mol. The average Bonchev–Trinajstić information content (AvgIpc) is 2.40. The molecule has 0 amide bonds. The summed E-state index contributed by atoms with van der Waals surface area (Å²) in [5, 5.41) is 0. The molecule has 0 saturated carbocycles. The van der Waals surface area contributed by atoms with Gasteiger partial charge < -0.3 is 15.2 Å². The van der Waals surface area contributed by atoms with Gasteiger partial charge in [0.1, 0.15) is 18.1 Å². The fourth-order valence-electron chi connectivity index (χ4n) is 2.79. The van der Waals surface area contributed by atoms with Crippen LogP contribution >= 0.6 is 0 Å². The molecule has 0 aliphatic carbocycles. The Bertz CT molecular complexity index is 384. The second kappa shape index (κ2) is 7.50. The second-order valence-corrected chi connectivity index (χ2v) is 5.61. The molecule has 2 N–H and O–H groups in total. The maximum absolute atomic E-state index is 6.05. The van der Waals surface area contributed by atoms with Crippen molar-refractivity contribution in [3.05, 3.63) is 24.3 Å². The minimum absolute atomic E-state index is 0.309. The highest BCUT2D eigenvalue weighted by molar-refractivity contribution is 5.31. The third kappa shape index (κ3) is 4.69. The highest BCUT2D eigenvalue weighted by atomic mass is 16.5. The zero-order valence-corrected chi connectivity index (χ0v) is 12.5. The van der Waals surface area contributed by atoms with Gasteiger partial charge in [0.15, 0.2) is 0 Å². The molecule has 0 aromatic heterocycles. The topological polar surface area (TPSA) is 47.7 Å². The maximum atomic E-state index is 6.05. The Morgan fingerprint density at radius 1 is 1.15 bits per heavy atom. The lowest BCUT2D eigenvalue weighted by atomic mass is 9.97. The summed E-state index contributed by atoms with van der Waals surface area (Å²) >= 11 is 0. The molecule has 0 bridgehead atoms. The largest absolute Gasteiger partial charge is 0.494 e. The summed E-state index contributed by atoms with van der Waals surface area (Å²) < 4.78 is 11.2. The summed E-state index contributed by atoms with van der Waals surface area (Å²) in [6.07, 6.45) is 1.14. The fraction of sp³-hybridized carbons (Fsp3) is 0.625. The monoisotopic (exact) mass is 278 g/mol. The van der Waals surface area contributed by atoms with Gasteiger partial charge in [-0.2, -0.15) is 0 Å². The molecule has 0 spiro atoms. The van der Waals surface area contributed by atoms with Gasteiger partial charge in [-0.1, -0.05) is 6.92 Å². The number of benzene rings is 1. The van der Waals surface area contributed by atoms with Crippen LogP contribution in [0.3, 0.4) is 0 Å². The summed E-state index contributed by atoms with van der Waals surface area (Å²) in [5.41, 5.74) is 6.05. The van der Waals surface area contributed by atoms with Crippen molar-refractivity contribution in [3.63, 3.8) is 0 Å². The number of nitrogens with two attached hydrogens (primary N) is 1. The molecule has 1 aromatic carbocycles. The molecule has 1 saturated heterocycles. The van der Waals surface area contributed by atoms with Crippen LogP contribution in [0.5, 0.6) is 11.5 Å². The zero-order valence-electron chi connectivity index (χ0n) is 12.5. The summed E-state index contributed by atoms with van der Waals surface area (Å²) in [5.74, 6) is 2.46. The van der Waals surface area contributed by atoms with Crippen LogP contribution in [-0.4, -0.2) is 43.8 Å². The molecule has 4 heteroatoms. The first-order valence-electron chi connectivity index (χ1n) is 7.51. The standard InChI is InChI=1S/C16H26N2O2/c1-3-19-15-4-6-16(7-5-15)20-9-8-18-11-13(2)10-14(17)12-18/h4-7,13-14H,3,8-12,17H2,1-2H3. The first kappa shape index (κ1) is 15.1. The van der Waals surface area contributed by atoms with E-state index in [9.17, 15) is 0 Å². The predicted octanol–water partition coefficient (Wildman–Crippen LogP) is 2.13. The second-order valence-electron chi connectivity index (χ2n) is 5.61. The molecule has 2 unspecified atom stereocenters. The normalized spacial score (nSPS) is 23.6. The van der Waals surface area contributed by atoms with Crippen LogP contribution in [0.1, 0.15) is 20.3 Å². The van der Waals surface area contributed by atoms with Crippen molar-refractivity contribution in [3.8, 4) is 11.5 Å². The molecule has 4 nitrogen and oxygen atoms in total. The number of hydrogen-bond acceptors (Lipinski definition) is 4. The van der Waals surface area contributed by atoms with Gasteiger partial charge in [0.05, 0.1) is 6.61 Å². The number of hydrogen-bond donors (Lipinski definition) is 1. The minimum atomic E-state index is 0.309. The van der Waals surface area contributed by atoms with Gasteiger partial charge in [-0.25, -0.2) is 0 Å². The summed E-state index contributed by atoms with van der Waals surface area (Å²) in [4.78, 5) is 2.40. The molecule has 1 aliphatic heterocycles. The zero-order chi connectivity index (χ0) is 14.4. The lowest BCUT2D eigenvalue weighted by Gasteiger charge is -2.34.